The minimum absolute atomic E-state index is 0.00475. The van der Waals surface area contributed by atoms with E-state index in [0.29, 0.717) is 0 Å². The number of hydrogen-bond acceptors (Lipinski definition) is 4. The normalized spacial score (nSPS) is 12.7. The fourth-order valence-corrected chi connectivity index (χ4v) is 3.33. The molecule has 0 radical (unpaired) electrons. The Labute approximate surface area is 115 Å². The highest BCUT2D eigenvalue weighted by atomic mass is 35.5. The van der Waals surface area contributed by atoms with Crippen molar-refractivity contribution in [3.8, 4) is 0 Å². The van der Waals surface area contributed by atoms with Crippen LogP contribution in [0.4, 0.5) is 0 Å². The van der Waals surface area contributed by atoms with Crippen molar-refractivity contribution in [2.45, 2.75) is 17.4 Å². The first-order valence-corrected chi connectivity index (χ1v) is 7.19. The van der Waals surface area contributed by atoms with E-state index in [1.165, 1.54) is 25.1 Å². The molecule has 0 heterocycles. The zero-order chi connectivity index (χ0) is 14.0. The molecule has 0 unspecified atom stereocenters. The lowest BCUT2D eigenvalue weighted by Crippen LogP contribution is -2.51. The summed E-state index contributed by atoms with van der Waals surface area (Å²) < 4.78 is 26.3. The van der Waals surface area contributed by atoms with E-state index in [4.69, 9.17) is 33.4 Å². The van der Waals surface area contributed by atoms with Crippen LogP contribution in [0.2, 0.25) is 10.0 Å². The van der Waals surface area contributed by atoms with Gasteiger partial charge in [-0.15, -0.1) is 0 Å². The van der Waals surface area contributed by atoms with E-state index in [0.717, 1.165) is 0 Å². The number of aliphatic hydroxyl groups excluding tert-OH is 2. The number of benzene rings is 1. The van der Waals surface area contributed by atoms with E-state index in [2.05, 4.69) is 4.72 Å². The van der Waals surface area contributed by atoms with Crippen LogP contribution in [0.5, 0.6) is 0 Å². The average Bonchev–Trinajstić information content (AvgIpc) is 2.31. The smallest absolute Gasteiger partial charge is 0.242 e. The van der Waals surface area contributed by atoms with E-state index in [1.807, 2.05) is 0 Å². The number of sulfonamides is 1. The van der Waals surface area contributed by atoms with Gasteiger partial charge in [0.1, 0.15) is 4.90 Å². The first-order valence-electron chi connectivity index (χ1n) is 4.95. The van der Waals surface area contributed by atoms with Crippen molar-refractivity contribution < 1.29 is 18.6 Å². The van der Waals surface area contributed by atoms with Gasteiger partial charge in [-0.3, -0.25) is 0 Å². The summed E-state index contributed by atoms with van der Waals surface area (Å²) in [5.41, 5.74) is -1.37. The van der Waals surface area contributed by atoms with Crippen LogP contribution in [0.3, 0.4) is 0 Å². The monoisotopic (exact) mass is 313 g/mol. The molecule has 102 valence electrons. The molecule has 0 aliphatic heterocycles. The van der Waals surface area contributed by atoms with Crippen LogP contribution in [-0.4, -0.2) is 37.4 Å². The molecule has 0 spiro atoms. The molecule has 0 atom stereocenters. The van der Waals surface area contributed by atoms with Crippen molar-refractivity contribution in [3.63, 3.8) is 0 Å². The van der Waals surface area contributed by atoms with E-state index in [-0.39, 0.29) is 14.9 Å². The summed E-state index contributed by atoms with van der Waals surface area (Å²) in [6, 6.07) is 4.01. The second kappa shape index (κ2) is 5.73. The third-order valence-electron chi connectivity index (χ3n) is 2.26. The molecule has 1 rings (SSSR count). The minimum atomic E-state index is -3.98. The summed E-state index contributed by atoms with van der Waals surface area (Å²) in [5.74, 6) is 0. The summed E-state index contributed by atoms with van der Waals surface area (Å²) in [7, 11) is -3.98. The van der Waals surface area contributed by atoms with Crippen molar-refractivity contribution in [2.75, 3.05) is 13.2 Å². The van der Waals surface area contributed by atoms with Crippen molar-refractivity contribution in [1.82, 2.24) is 4.72 Å². The van der Waals surface area contributed by atoms with Crippen LogP contribution in [0.1, 0.15) is 6.92 Å². The molecule has 0 saturated carbocycles. The average molecular weight is 314 g/mol. The molecule has 1 aromatic carbocycles. The molecule has 0 aliphatic rings. The molecule has 3 N–H and O–H groups in total. The summed E-state index contributed by atoms with van der Waals surface area (Å²) >= 11 is 11.5. The fourth-order valence-electron chi connectivity index (χ4n) is 1.18. The van der Waals surface area contributed by atoms with E-state index in [9.17, 15) is 8.42 Å². The third kappa shape index (κ3) is 3.57. The van der Waals surface area contributed by atoms with E-state index >= 15 is 0 Å². The van der Waals surface area contributed by atoms with Gasteiger partial charge in [0.2, 0.25) is 10.0 Å². The van der Waals surface area contributed by atoms with Gasteiger partial charge in [0.05, 0.1) is 23.8 Å². The van der Waals surface area contributed by atoms with Gasteiger partial charge in [-0.25, -0.2) is 13.1 Å². The first-order chi connectivity index (χ1) is 8.24. The van der Waals surface area contributed by atoms with Crippen molar-refractivity contribution in [1.29, 1.82) is 0 Å². The molecule has 0 aliphatic carbocycles. The molecule has 5 nitrogen and oxygen atoms in total. The minimum Gasteiger partial charge on any atom is -0.394 e. The van der Waals surface area contributed by atoms with Crippen LogP contribution in [-0.2, 0) is 10.0 Å². The molecule has 18 heavy (non-hydrogen) atoms. The number of halogens is 2. The Hall–Kier alpha value is -0.370. The molecule has 0 saturated heterocycles. The van der Waals surface area contributed by atoms with Crippen molar-refractivity contribution in [2.24, 2.45) is 0 Å². The molecule has 0 aromatic heterocycles. The lowest BCUT2D eigenvalue weighted by Gasteiger charge is -2.26. The Morgan fingerprint density at radius 1 is 1.28 bits per heavy atom. The highest BCUT2D eigenvalue weighted by Crippen LogP contribution is 2.25. The van der Waals surface area contributed by atoms with Gasteiger partial charge in [0, 0.05) is 5.02 Å². The topological polar surface area (TPSA) is 86.6 Å². The van der Waals surface area contributed by atoms with Crippen molar-refractivity contribution in [3.05, 3.63) is 28.2 Å². The Kier molecular flexibility index (Phi) is 4.99. The Bertz CT molecular complexity index is 529. The summed E-state index contributed by atoms with van der Waals surface area (Å²) in [6.45, 7) is 0.255. The maximum absolute atomic E-state index is 12.1. The largest absolute Gasteiger partial charge is 0.394 e. The van der Waals surface area contributed by atoms with Crippen LogP contribution >= 0.6 is 23.2 Å². The third-order valence-corrected chi connectivity index (χ3v) is 4.62. The number of nitrogens with one attached hydrogen (secondary N) is 1. The van der Waals surface area contributed by atoms with Gasteiger partial charge in [-0.1, -0.05) is 23.2 Å². The number of rotatable bonds is 5. The van der Waals surface area contributed by atoms with Crippen LogP contribution in [0.15, 0.2) is 23.1 Å². The molecule has 0 fully saturated rings. The number of hydrogen-bond donors (Lipinski definition) is 3. The molecular weight excluding hydrogens is 301 g/mol. The van der Waals surface area contributed by atoms with Gasteiger partial charge in [0.15, 0.2) is 0 Å². The predicted octanol–water partition coefficient (Wildman–Crippen LogP) is 1.02. The first kappa shape index (κ1) is 15.7. The second-order valence-electron chi connectivity index (χ2n) is 4.06. The maximum Gasteiger partial charge on any atom is 0.242 e. The highest BCUT2D eigenvalue weighted by Gasteiger charge is 2.30. The van der Waals surface area contributed by atoms with E-state index < -0.39 is 28.8 Å². The second-order valence-corrected chi connectivity index (χ2v) is 6.55. The van der Waals surface area contributed by atoms with Gasteiger partial charge in [-0.05, 0) is 25.1 Å². The van der Waals surface area contributed by atoms with E-state index in [1.54, 1.807) is 0 Å². The standard InChI is InChI=1S/C10H13Cl2NO4S/c1-10(5-14,6-15)13-18(16,17)9-4-7(11)2-3-8(9)12/h2-4,13-15H,5-6H2,1H3. The molecule has 8 heteroatoms. The molecular formula is C10H13Cl2NO4S. The lowest BCUT2D eigenvalue weighted by atomic mass is 10.1. The van der Waals surface area contributed by atoms with Gasteiger partial charge in [0.25, 0.3) is 0 Å². The maximum atomic E-state index is 12.1. The Morgan fingerprint density at radius 2 is 1.83 bits per heavy atom. The number of aliphatic hydroxyl groups is 2. The summed E-state index contributed by atoms with van der Waals surface area (Å²) in [6.07, 6.45) is 0. The van der Waals surface area contributed by atoms with Crippen molar-refractivity contribution >= 4 is 33.2 Å². The highest BCUT2D eigenvalue weighted by molar-refractivity contribution is 7.89. The Morgan fingerprint density at radius 3 is 2.33 bits per heavy atom. The van der Waals surface area contributed by atoms with Gasteiger partial charge < -0.3 is 10.2 Å². The molecule has 0 bridgehead atoms. The van der Waals surface area contributed by atoms with Gasteiger partial charge >= 0.3 is 0 Å². The van der Waals surface area contributed by atoms with Gasteiger partial charge in [-0.2, -0.15) is 0 Å². The quantitative estimate of drug-likeness (QED) is 0.757. The summed E-state index contributed by atoms with van der Waals surface area (Å²) in [5, 5.41) is 18.4. The zero-order valence-electron chi connectivity index (χ0n) is 9.52. The predicted molar refractivity (Wildman–Crippen MR) is 69.4 cm³/mol. The lowest BCUT2D eigenvalue weighted by molar-refractivity contribution is 0.122. The fraction of sp³-hybridized carbons (Fsp3) is 0.400. The molecule has 0 amide bonds. The van der Waals surface area contributed by atoms with Crippen LogP contribution < -0.4 is 4.72 Å². The van der Waals surface area contributed by atoms with Crippen LogP contribution in [0.25, 0.3) is 0 Å². The Balaban J connectivity index is 3.18. The van der Waals surface area contributed by atoms with Crippen LogP contribution in [0, 0.1) is 0 Å². The zero-order valence-corrected chi connectivity index (χ0v) is 11.8. The SMILES string of the molecule is CC(CO)(CO)NS(=O)(=O)c1cc(Cl)ccc1Cl. The summed E-state index contributed by atoms with van der Waals surface area (Å²) in [4.78, 5) is -0.204. The molecule has 1 aromatic rings.